The van der Waals surface area contributed by atoms with Crippen LogP contribution in [0, 0.1) is 29.6 Å². The van der Waals surface area contributed by atoms with E-state index in [2.05, 4.69) is 52.0 Å². The smallest absolute Gasteiger partial charge is 0.162 e. The zero-order valence-electron chi connectivity index (χ0n) is 32.9. The number of ether oxygens (including phenoxy) is 8. The fourth-order valence-corrected chi connectivity index (χ4v) is 6.89. The number of allylic oxidation sites excluding steroid dienone is 2. The van der Waals surface area contributed by atoms with E-state index in [1.165, 1.54) is 0 Å². The number of hydrogen-bond donors (Lipinski definition) is 0. The number of hydrogen-bond acceptors (Lipinski definition) is 9. The highest BCUT2D eigenvalue weighted by molar-refractivity contribution is 5.53. The Bertz CT molecular complexity index is 1310. The van der Waals surface area contributed by atoms with E-state index in [4.69, 9.17) is 37.9 Å². The van der Waals surface area contributed by atoms with E-state index in [9.17, 15) is 4.79 Å². The van der Waals surface area contributed by atoms with Gasteiger partial charge in [0.2, 0.25) is 0 Å². The summed E-state index contributed by atoms with van der Waals surface area (Å²) in [5.74, 6) is 2.03. The SMILES string of the molecule is COCO[C@H]1[C@@H](C)[C@H](CC/C=C\[C@H](C)[C@H](OCc2ccc(OC)cc2)[C@@H](C)/C=C\CC[C@@H](OCc2ccc(OC)cc2)[C@H](C)C=O)O[C@@H](OC)[C@@H]1C. The Morgan fingerprint density at radius 3 is 1.81 bits per heavy atom. The lowest BCUT2D eigenvalue weighted by Gasteiger charge is -2.43. The lowest BCUT2D eigenvalue weighted by molar-refractivity contribution is -0.271. The van der Waals surface area contributed by atoms with E-state index in [-0.39, 0.29) is 67.1 Å². The van der Waals surface area contributed by atoms with Crippen molar-refractivity contribution in [3.05, 3.63) is 84.0 Å². The van der Waals surface area contributed by atoms with Gasteiger partial charge in [0.25, 0.3) is 0 Å². The molecule has 1 aliphatic rings. The highest BCUT2D eigenvalue weighted by Gasteiger charge is 2.42. The first kappa shape index (κ1) is 43.4. The van der Waals surface area contributed by atoms with Crippen LogP contribution < -0.4 is 9.47 Å². The Kier molecular flexibility index (Phi) is 19.7. The van der Waals surface area contributed by atoms with Crippen molar-refractivity contribution in [3.8, 4) is 11.5 Å². The summed E-state index contributed by atoms with van der Waals surface area (Å²) in [6.07, 6.45) is 12.6. The molecule has 2 aromatic carbocycles. The molecule has 2 aromatic rings. The van der Waals surface area contributed by atoms with Crippen LogP contribution in [-0.4, -0.2) is 72.2 Å². The average Bonchev–Trinajstić information content (AvgIpc) is 3.17. The average molecular weight is 725 g/mol. The maximum Gasteiger partial charge on any atom is 0.162 e. The molecule has 0 aromatic heterocycles. The van der Waals surface area contributed by atoms with Crippen molar-refractivity contribution in [2.45, 2.75) is 104 Å². The van der Waals surface area contributed by atoms with Gasteiger partial charge in [-0.15, -0.1) is 0 Å². The maximum atomic E-state index is 11.7. The zero-order valence-corrected chi connectivity index (χ0v) is 32.9. The number of aldehydes is 1. The van der Waals surface area contributed by atoms with Crippen LogP contribution in [0.1, 0.15) is 71.4 Å². The minimum absolute atomic E-state index is 0.00750. The Balaban J connectivity index is 1.63. The number of carbonyl (C=O) groups is 1. The van der Waals surface area contributed by atoms with Gasteiger partial charge in [0.1, 0.15) is 24.6 Å². The van der Waals surface area contributed by atoms with Crippen molar-refractivity contribution < 1.29 is 42.7 Å². The Labute approximate surface area is 312 Å². The Morgan fingerprint density at radius 1 is 0.731 bits per heavy atom. The van der Waals surface area contributed by atoms with E-state index >= 15 is 0 Å². The molecule has 9 heteroatoms. The van der Waals surface area contributed by atoms with Gasteiger partial charge < -0.3 is 42.7 Å². The molecule has 0 unspecified atom stereocenters. The molecule has 0 spiro atoms. The molecular formula is C43H64O9. The molecule has 0 bridgehead atoms. The summed E-state index contributed by atoms with van der Waals surface area (Å²) in [7, 11) is 6.65. The number of rotatable bonds is 24. The van der Waals surface area contributed by atoms with Gasteiger partial charge in [0.15, 0.2) is 6.29 Å². The Hall–Kier alpha value is -3.05. The standard InChI is InChI=1S/C43H64O9/c1-30(14-10-12-16-39(32(3)26-44)49-27-35-18-22-37(46-7)23-19-35)41(50-28-36-20-24-38(47-8)25-21-36)31(2)15-11-13-17-40-33(4)42(51-29-45-6)34(5)43(48-9)52-40/h10-11,14-15,18-26,30-34,39-43H,12-13,16-17,27-29H2,1-9H3/b14-10-,15-11-/t30-,31-,32+,33-,34+,39+,40-,41+,42-,43+/m0/s1. The molecule has 290 valence electrons. The first-order valence-electron chi connectivity index (χ1n) is 18.7. The molecule has 0 amide bonds. The molecule has 52 heavy (non-hydrogen) atoms. The summed E-state index contributed by atoms with van der Waals surface area (Å²) in [5, 5.41) is 0. The van der Waals surface area contributed by atoms with Crippen LogP contribution in [0.5, 0.6) is 11.5 Å². The first-order chi connectivity index (χ1) is 25.1. The molecule has 0 aliphatic carbocycles. The molecule has 1 fully saturated rings. The molecule has 0 saturated carbocycles. The second-order valence-electron chi connectivity index (χ2n) is 14.1. The van der Waals surface area contributed by atoms with Gasteiger partial charge >= 0.3 is 0 Å². The fourth-order valence-electron chi connectivity index (χ4n) is 6.89. The van der Waals surface area contributed by atoms with Crippen molar-refractivity contribution in [3.63, 3.8) is 0 Å². The fraction of sp³-hybridized carbons (Fsp3) is 0.605. The molecule has 10 atom stereocenters. The van der Waals surface area contributed by atoms with Gasteiger partial charge in [-0.25, -0.2) is 0 Å². The first-order valence-corrected chi connectivity index (χ1v) is 18.7. The number of benzene rings is 2. The Morgan fingerprint density at radius 2 is 1.29 bits per heavy atom. The van der Waals surface area contributed by atoms with Gasteiger partial charge in [-0.05, 0) is 61.1 Å². The van der Waals surface area contributed by atoms with Crippen LogP contribution in [-0.2, 0) is 46.4 Å². The lowest BCUT2D eigenvalue weighted by atomic mass is 9.84. The van der Waals surface area contributed by atoms with Gasteiger partial charge in [-0.2, -0.15) is 0 Å². The summed E-state index contributed by atoms with van der Waals surface area (Å²) < 4.78 is 46.7. The molecule has 0 N–H and O–H groups in total. The third-order valence-electron chi connectivity index (χ3n) is 10.1. The lowest BCUT2D eigenvalue weighted by Crippen LogP contribution is -2.50. The van der Waals surface area contributed by atoms with Gasteiger partial charge in [0, 0.05) is 43.8 Å². The van der Waals surface area contributed by atoms with E-state index < -0.39 is 0 Å². The molecule has 9 nitrogen and oxygen atoms in total. The normalized spacial score (nSPS) is 23.7. The van der Waals surface area contributed by atoms with E-state index in [1.807, 2.05) is 55.5 Å². The molecule has 3 rings (SSSR count). The third kappa shape index (κ3) is 13.7. The van der Waals surface area contributed by atoms with Crippen LogP contribution >= 0.6 is 0 Å². The van der Waals surface area contributed by atoms with Crippen molar-refractivity contribution in [1.82, 2.24) is 0 Å². The van der Waals surface area contributed by atoms with Crippen LogP contribution in [0.2, 0.25) is 0 Å². The summed E-state index contributed by atoms with van der Waals surface area (Å²) >= 11 is 0. The highest BCUT2D eigenvalue weighted by atomic mass is 16.7. The van der Waals surface area contributed by atoms with Crippen LogP contribution in [0.25, 0.3) is 0 Å². The maximum absolute atomic E-state index is 11.7. The predicted molar refractivity (Wildman–Crippen MR) is 204 cm³/mol. The minimum Gasteiger partial charge on any atom is -0.497 e. The molecule has 1 aliphatic heterocycles. The van der Waals surface area contributed by atoms with Gasteiger partial charge in [-0.3, -0.25) is 0 Å². The van der Waals surface area contributed by atoms with Crippen molar-refractivity contribution in [2.24, 2.45) is 29.6 Å². The van der Waals surface area contributed by atoms with Crippen molar-refractivity contribution >= 4 is 6.29 Å². The van der Waals surface area contributed by atoms with E-state index in [0.29, 0.717) is 13.2 Å². The second kappa shape index (κ2) is 23.6. The zero-order chi connectivity index (χ0) is 37.9. The van der Waals surface area contributed by atoms with Gasteiger partial charge in [-0.1, -0.05) is 83.2 Å². The van der Waals surface area contributed by atoms with Crippen molar-refractivity contribution in [1.29, 1.82) is 0 Å². The molecule has 0 radical (unpaired) electrons. The molecular weight excluding hydrogens is 660 g/mol. The third-order valence-corrected chi connectivity index (χ3v) is 10.1. The van der Waals surface area contributed by atoms with Gasteiger partial charge in [0.05, 0.1) is 51.8 Å². The summed E-state index contributed by atoms with van der Waals surface area (Å²) in [6, 6.07) is 15.8. The summed E-state index contributed by atoms with van der Waals surface area (Å²) in [6.45, 7) is 11.8. The summed E-state index contributed by atoms with van der Waals surface area (Å²) in [4.78, 5) is 11.7. The summed E-state index contributed by atoms with van der Waals surface area (Å²) in [5.41, 5.74) is 2.13. The van der Waals surface area contributed by atoms with Crippen LogP contribution in [0.3, 0.4) is 0 Å². The van der Waals surface area contributed by atoms with Crippen LogP contribution in [0.15, 0.2) is 72.8 Å². The topological polar surface area (TPSA) is 90.9 Å². The number of methoxy groups -OCH3 is 4. The predicted octanol–water partition coefficient (Wildman–Crippen LogP) is 8.59. The minimum atomic E-state index is -0.314. The van der Waals surface area contributed by atoms with E-state index in [1.54, 1.807) is 28.4 Å². The van der Waals surface area contributed by atoms with Crippen LogP contribution in [0.4, 0.5) is 0 Å². The largest absolute Gasteiger partial charge is 0.497 e. The highest BCUT2D eigenvalue weighted by Crippen LogP contribution is 2.35. The second-order valence-corrected chi connectivity index (χ2v) is 14.1. The number of carbonyl (C=O) groups excluding carboxylic acids is 1. The monoisotopic (exact) mass is 724 g/mol. The van der Waals surface area contributed by atoms with E-state index in [0.717, 1.165) is 54.6 Å². The quantitative estimate of drug-likeness (QED) is 0.0600. The molecule has 1 saturated heterocycles. The molecule has 1 heterocycles. The van der Waals surface area contributed by atoms with Crippen molar-refractivity contribution in [2.75, 3.05) is 35.2 Å².